The highest BCUT2D eigenvalue weighted by atomic mass is 14.6. The summed E-state index contributed by atoms with van der Waals surface area (Å²) in [6.07, 6.45) is 1.87. The summed E-state index contributed by atoms with van der Waals surface area (Å²) in [6.45, 7) is 8.41. The largest absolute Gasteiger partial charge is 0.330 e. The Bertz CT molecular complexity index is 64.6. The topological polar surface area (TPSA) is 26.0 Å². The lowest BCUT2D eigenvalue weighted by atomic mass is 9.95. The molecule has 0 amide bonds. The highest BCUT2D eigenvalue weighted by molar-refractivity contribution is 4.87. The van der Waals surface area contributed by atoms with Crippen molar-refractivity contribution >= 4 is 0 Å². The molecule has 7 heavy (non-hydrogen) atoms. The molecule has 0 atom stereocenters. The third-order valence-electron chi connectivity index (χ3n) is 1.08. The predicted octanol–water partition coefficient (Wildman–Crippen LogP) is 1.16. The molecule has 42 valence electrons. The maximum atomic E-state index is 5.35. The first-order valence-electron chi connectivity index (χ1n) is 2.46. The van der Waals surface area contributed by atoms with Gasteiger partial charge in [0.1, 0.15) is 0 Å². The average molecular weight is 99.2 g/mol. The van der Waals surface area contributed by atoms with Gasteiger partial charge in [-0.3, -0.25) is 0 Å². The SMILES string of the molecule is C=CC(C)(C)CN. The number of nitrogens with two attached hydrogens (primary N) is 1. The van der Waals surface area contributed by atoms with Crippen LogP contribution < -0.4 is 5.73 Å². The molecule has 0 heterocycles. The third kappa shape index (κ3) is 2.40. The zero-order valence-electron chi connectivity index (χ0n) is 5.07. The Morgan fingerprint density at radius 3 is 2.14 bits per heavy atom. The summed E-state index contributed by atoms with van der Waals surface area (Å²) in [6, 6.07) is 0. The number of hydrogen-bond acceptors (Lipinski definition) is 1. The minimum absolute atomic E-state index is 0.125. The molecule has 0 aromatic heterocycles. The Morgan fingerprint density at radius 1 is 1.71 bits per heavy atom. The zero-order chi connectivity index (χ0) is 5.91. The van der Waals surface area contributed by atoms with Crippen molar-refractivity contribution in [1.29, 1.82) is 0 Å². The van der Waals surface area contributed by atoms with Gasteiger partial charge in [-0.05, 0) is 5.41 Å². The standard InChI is InChI=1S/C6H13N/c1-4-6(2,3)5-7/h4H,1,5,7H2,2-3H3. The summed E-state index contributed by atoms with van der Waals surface area (Å²) < 4.78 is 0. The molecule has 0 radical (unpaired) electrons. The van der Waals surface area contributed by atoms with Crippen molar-refractivity contribution in [3.8, 4) is 0 Å². The van der Waals surface area contributed by atoms with E-state index in [9.17, 15) is 0 Å². The van der Waals surface area contributed by atoms with Crippen LogP contribution in [0.3, 0.4) is 0 Å². The first kappa shape index (κ1) is 6.70. The molecule has 2 N–H and O–H groups in total. The minimum atomic E-state index is 0.125. The molecule has 0 spiro atoms. The second-order valence-electron chi connectivity index (χ2n) is 2.40. The van der Waals surface area contributed by atoms with Crippen molar-refractivity contribution in [2.24, 2.45) is 11.1 Å². The van der Waals surface area contributed by atoms with E-state index < -0.39 is 0 Å². The normalized spacial score (nSPS) is 11.3. The van der Waals surface area contributed by atoms with Crippen molar-refractivity contribution in [3.05, 3.63) is 12.7 Å². The Kier molecular flexibility index (Phi) is 2.03. The van der Waals surface area contributed by atoms with Gasteiger partial charge in [0.25, 0.3) is 0 Å². The highest BCUT2D eigenvalue weighted by Gasteiger charge is 2.07. The number of hydrogen-bond donors (Lipinski definition) is 1. The lowest BCUT2D eigenvalue weighted by molar-refractivity contribution is 0.496. The first-order chi connectivity index (χ1) is 3.12. The molecule has 0 aliphatic carbocycles. The van der Waals surface area contributed by atoms with Crippen LogP contribution in [0.5, 0.6) is 0 Å². The van der Waals surface area contributed by atoms with Crippen LogP contribution in [0.2, 0.25) is 0 Å². The lowest BCUT2D eigenvalue weighted by Crippen LogP contribution is -2.20. The van der Waals surface area contributed by atoms with E-state index >= 15 is 0 Å². The van der Waals surface area contributed by atoms with E-state index in [1.54, 1.807) is 0 Å². The van der Waals surface area contributed by atoms with Crippen LogP contribution in [0.15, 0.2) is 12.7 Å². The van der Waals surface area contributed by atoms with Gasteiger partial charge in [0.15, 0.2) is 0 Å². The van der Waals surface area contributed by atoms with Crippen molar-refractivity contribution in [3.63, 3.8) is 0 Å². The summed E-state index contributed by atoms with van der Waals surface area (Å²) in [5.41, 5.74) is 5.47. The maximum absolute atomic E-state index is 5.35. The monoisotopic (exact) mass is 99.1 g/mol. The van der Waals surface area contributed by atoms with E-state index in [0.717, 1.165) is 0 Å². The highest BCUT2D eigenvalue weighted by Crippen LogP contribution is 2.11. The second kappa shape index (κ2) is 2.12. The molecule has 0 aliphatic heterocycles. The molecule has 0 unspecified atom stereocenters. The fraction of sp³-hybridized carbons (Fsp3) is 0.667. The minimum Gasteiger partial charge on any atom is -0.330 e. The lowest BCUT2D eigenvalue weighted by Gasteiger charge is -2.14. The molecule has 0 fully saturated rings. The molecule has 0 rings (SSSR count). The van der Waals surface area contributed by atoms with Crippen LogP contribution in [0, 0.1) is 5.41 Å². The van der Waals surface area contributed by atoms with Crippen LogP contribution in [0.25, 0.3) is 0 Å². The van der Waals surface area contributed by atoms with E-state index in [0.29, 0.717) is 6.54 Å². The fourth-order valence-electron chi connectivity index (χ4n) is 0.0833. The van der Waals surface area contributed by atoms with Crippen molar-refractivity contribution in [1.82, 2.24) is 0 Å². The Hall–Kier alpha value is -0.300. The molecule has 1 heteroatoms. The van der Waals surface area contributed by atoms with E-state index in [1.165, 1.54) is 0 Å². The molecule has 0 bridgehead atoms. The Morgan fingerprint density at radius 2 is 2.14 bits per heavy atom. The average Bonchev–Trinajstić information content (AvgIpc) is 1.68. The quantitative estimate of drug-likeness (QED) is 0.516. The van der Waals surface area contributed by atoms with Crippen LogP contribution >= 0.6 is 0 Å². The molecular formula is C6H13N. The van der Waals surface area contributed by atoms with Gasteiger partial charge in [0.2, 0.25) is 0 Å². The van der Waals surface area contributed by atoms with Gasteiger partial charge >= 0.3 is 0 Å². The summed E-state index contributed by atoms with van der Waals surface area (Å²) in [4.78, 5) is 0. The van der Waals surface area contributed by atoms with Gasteiger partial charge in [-0.25, -0.2) is 0 Å². The summed E-state index contributed by atoms with van der Waals surface area (Å²) in [7, 11) is 0. The van der Waals surface area contributed by atoms with Crippen LogP contribution in [-0.4, -0.2) is 6.54 Å². The first-order valence-corrected chi connectivity index (χ1v) is 2.46. The summed E-state index contributed by atoms with van der Waals surface area (Å²) >= 11 is 0. The smallest absolute Gasteiger partial charge is 0.000876 e. The third-order valence-corrected chi connectivity index (χ3v) is 1.08. The fourth-order valence-corrected chi connectivity index (χ4v) is 0.0833. The Labute approximate surface area is 45.2 Å². The molecule has 0 saturated heterocycles. The van der Waals surface area contributed by atoms with E-state index in [2.05, 4.69) is 20.4 Å². The van der Waals surface area contributed by atoms with Crippen LogP contribution in [0.4, 0.5) is 0 Å². The summed E-state index contributed by atoms with van der Waals surface area (Å²) in [5.74, 6) is 0. The zero-order valence-corrected chi connectivity index (χ0v) is 5.07. The summed E-state index contributed by atoms with van der Waals surface area (Å²) in [5, 5.41) is 0. The molecule has 0 aromatic rings. The molecule has 0 saturated carbocycles. The molecule has 0 aliphatic rings. The Balaban J connectivity index is 3.58. The predicted molar refractivity (Wildman–Crippen MR) is 33.0 cm³/mol. The van der Waals surface area contributed by atoms with E-state index in [4.69, 9.17) is 5.73 Å². The van der Waals surface area contributed by atoms with E-state index in [1.807, 2.05) is 6.08 Å². The van der Waals surface area contributed by atoms with Gasteiger partial charge < -0.3 is 5.73 Å². The maximum Gasteiger partial charge on any atom is 0.000876 e. The van der Waals surface area contributed by atoms with Crippen LogP contribution in [-0.2, 0) is 0 Å². The molecule has 0 aromatic carbocycles. The van der Waals surface area contributed by atoms with Gasteiger partial charge in [-0.15, -0.1) is 6.58 Å². The van der Waals surface area contributed by atoms with E-state index in [-0.39, 0.29) is 5.41 Å². The van der Waals surface area contributed by atoms with Crippen molar-refractivity contribution in [2.45, 2.75) is 13.8 Å². The van der Waals surface area contributed by atoms with Gasteiger partial charge in [0.05, 0.1) is 0 Å². The number of rotatable bonds is 2. The van der Waals surface area contributed by atoms with Crippen molar-refractivity contribution < 1.29 is 0 Å². The molecular weight excluding hydrogens is 86.1 g/mol. The van der Waals surface area contributed by atoms with Crippen LogP contribution in [0.1, 0.15) is 13.8 Å². The molecule has 1 nitrogen and oxygen atoms in total. The van der Waals surface area contributed by atoms with Crippen molar-refractivity contribution in [2.75, 3.05) is 6.54 Å². The van der Waals surface area contributed by atoms with Gasteiger partial charge in [-0.2, -0.15) is 0 Å². The van der Waals surface area contributed by atoms with Gasteiger partial charge in [-0.1, -0.05) is 19.9 Å². The van der Waals surface area contributed by atoms with Gasteiger partial charge in [0, 0.05) is 6.54 Å². The second-order valence-corrected chi connectivity index (χ2v) is 2.40.